The highest BCUT2D eigenvalue weighted by molar-refractivity contribution is 6.20. The Labute approximate surface area is 87.5 Å². The summed E-state index contributed by atoms with van der Waals surface area (Å²) in [6.45, 7) is 6.38. The van der Waals surface area contributed by atoms with E-state index in [1.165, 1.54) is 12.8 Å². The summed E-state index contributed by atoms with van der Waals surface area (Å²) in [5.74, 6) is 0.579. The fourth-order valence-electron chi connectivity index (χ4n) is 1.48. The smallest absolute Gasteiger partial charge is 0.0538 e. The lowest BCUT2D eigenvalue weighted by atomic mass is 9.97. The Morgan fingerprint density at radius 3 is 2.23 bits per heavy atom. The summed E-state index contributed by atoms with van der Waals surface area (Å²) >= 11 is 6.20. The zero-order chi connectivity index (χ0) is 10.3. The number of hydrogen-bond donors (Lipinski definition) is 1. The van der Waals surface area contributed by atoms with Gasteiger partial charge in [-0.1, -0.05) is 27.2 Å². The van der Waals surface area contributed by atoms with Crippen LogP contribution in [0.4, 0.5) is 0 Å². The molecule has 2 unspecified atom stereocenters. The zero-order valence-electron chi connectivity index (χ0n) is 9.09. The van der Waals surface area contributed by atoms with Gasteiger partial charge in [0.2, 0.25) is 0 Å². The van der Waals surface area contributed by atoms with E-state index in [1.807, 2.05) is 6.92 Å². The number of aliphatic hydroxyl groups excluding tert-OH is 1. The first-order chi connectivity index (χ1) is 6.11. The number of halogens is 1. The SMILES string of the molecule is CCCC(C)[C@@H](Cl)CCC(O)CC. The molecule has 0 saturated heterocycles. The van der Waals surface area contributed by atoms with Crippen molar-refractivity contribution in [2.75, 3.05) is 0 Å². The predicted octanol–water partition coefficient (Wildman–Crippen LogP) is 3.58. The average Bonchev–Trinajstić information content (AvgIpc) is 2.13. The van der Waals surface area contributed by atoms with Crippen molar-refractivity contribution in [3.63, 3.8) is 0 Å². The molecule has 1 N–H and O–H groups in total. The summed E-state index contributed by atoms with van der Waals surface area (Å²) in [6.07, 6.45) is 4.86. The maximum absolute atomic E-state index is 9.36. The van der Waals surface area contributed by atoms with Crippen LogP contribution in [-0.4, -0.2) is 16.6 Å². The van der Waals surface area contributed by atoms with Gasteiger partial charge in [0.1, 0.15) is 0 Å². The summed E-state index contributed by atoms with van der Waals surface area (Å²) < 4.78 is 0. The van der Waals surface area contributed by atoms with Gasteiger partial charge in [-0.2, -0.15) is 0 Å². The molecule has 80 valence electrons. The van der Waals surface area contributed by atoms with Gasteiger partial charge in [-0.3, -0.25) is 0 Å². The van der Waals surface area contributed by atoms with E-state index in [9.17, 15) is 5.11 Å². The van der Waals surface area contributed by atoms with Gasteiger partial charge in [-0.05, 0) is 31.6 Å². The monoisotopic (exact) mass is 206 g/mol. The zero-order valence-corrected chi connectivity index (χ0v) is 9.85. The number of alkyl halides is 1. The Balaban J connectivity index is 3.54. The summed E-state index contributed by atoms with van der Waals surface area (Å²) in [4.78, 5) is 0. The van der Waals surface area contributed by atoms with Crippen LogP contribution >= 0.6 is 11.6 Å². The van der Waals surface area contributed by atoms with E-state index >= 15 is 0 Å². The molecule has 0 heterocycles. The molecule has 0 aliphatic heterocycles. The Morgan fingerprint density at radius 2 is 1.77 bits per heavy atom. The second-order valence-corrected chi connectivity index (χ2v) is 4.48. The van der Waals surface area contributed by atoms with Crippen molar-refractivity contribution in [1.29, 1.82) is 0 Å². The molecule has 0 bridgehead atoms. The molecule has 3 atom stereocenters. The van der Waals surface area contributed by atoms with Crippen molar-refractivity contribution < 1.29 is 5.11 Å². The molecule has 13 heavy (non-hydrogen) atoms. The lowest BCUT2D eigenvalue weighted by molar-refractivity contribution is 0.155. The van der Waals surface area contributed by atoms with Crippen LogP contribution in [-0.2, 0) is 0 Å². The molecule has 0 spiro atoms. The van der Waals surface area contributed by atoms with E-state index in [2.05, 4.69) is 13.8 Å². The van der Waals surface area contributed by atoms with Crippen molar-refractivity contribution in [1.82, 2.24) is 0 Å². The van der Waals surface area contributed by atoms with Crippen LogP contribution < -0.4 is 0 Å². The summed E-state index contributed by atoms with van der Waals surface area (Å²) in [7, 11) is 0. The van der Waals surface area contributed by atoms with E-state index in [1.54, 1.807) is 0 Å². The van der Waals surface area contributed by atoms with Crippen LogP contribution in [0.5, 0.6) is 0 Å². The van der Waals surface area contributed by atoms with E-state index in [0.717, 1.165) is 19.3 Å². The third-order valence-electron chi connectivity index (χ3n) is 2.61. The fourth-order valence-corrected chi connectivity index (χ4v) is 1.73. The normalized spacial score (nSPS) is 18.2. The highest BCUT2D eigenvalue weighted by Crippen LogP contribution is 2.21. The summed E-state index contributed by atoms with van der Waals surface area (Å²) in [5.41, 5.74) is 0. The molecule has 0 aliphatic carbocycles. The van der Waals surface area contributed by atoms with Crippen LogP contribution in [0.1, 0.15) is 52.9 Å². The Hall–Kier alpha value is 0.250. The second-order valence-electron chi connectivity index (χ2n) is 3.92. The van der Waals surface area contributed by atoms with Crippen LogP contribution in [0, 0.1) is 5.92 Å². The minimum atomic E-state index is -0.157. The standard InChI is InChI=1S/C11H23ClO/c1-4-6-9(3)11(12)8-7-10(13)5-2/h9-11,13H,4-8H2,1-3H3/t9?,10?,11-/m0/s1. The summed E-state index contributed by atoms with van der Waals surface area (Å²) in [5, 5.41) is 9.60. The topological polar surface area (TPSA) is 20.2 Å². The van der Waals surface area contributed by atoms with Gasteiger partial charge in [0.25, 0.3) is 0 Å². The number of aliphatic hydroxyl groups is 1. The Bertz CT molecular complexity index is 117. The molecule has 2 heteroatoms. The van der Waals surface area contributed by atoms with Crippen LogP contribution in [0.15, 0.2) is 0 Å². The van der Waals surface area contributed by atoms with Crippen molar-refractivity contribution in [2.24, 2.45) is 5.92 Å². The highest BCUT2D eigenvalue weighted by atomic mass is 35.5. The van der Waals surface area contributed by atoms with Crippen molar-refractivity contribution in [2.45, 2.75) is 64.4 Å². The van der Waals surface area contributed by atoms with E-state index in [-0.39, 0.29) is 11.5 Å². The van der Waals surface area contributed by atoms with Gasteiger partial charge in [0, 0.05) is 5.38 Å². The molecule has 0 rings (SSSR count). The molecular formula is C11H23ClO. The third-order valence-corrected chi connectivity index (χ3v) is 3.26. The molecule has 0 aliphatic rings. The van der Waals surface area contributed by atoms with Gasteiger partial charge in [0.15, 0.2) is 0 Å². The second kappa shape index (κ2) is 7.64. The van der Waals surface area contributed by atoms with Crippen molar-refractivity contribution >= 4 is 11.6 Å². The largest absolute Gasteiger partial charge is 0.393 e. The quantitative estimate of drug-likeness (QED) is 0.632. The van der Waals surface area contributed by atoms with Crippen LogP contribution in [0.3, 0.4) is 0 Å². The average molecular weight is 207 g/mol. The fraction of sp³-hybridized carbons (Fsp3) is 1.00. The predicted molar refractivity (Wildman–Crippen MR) is 59.2 cm³/mol. The van der Waals surface area contributed by atoms with Crippen molar-refractivity contribution in [3.05, 3.63) is 0 Å². The maximum Gasteiger partial charge on any atom is 0.0538 e. The molecule has 0 aromatic rings. The maximum atomic E-state index is 9.36. The van der Waals surface area contributed by atoms with Gasteiger partial charge in [0.05, 0.1) is 6.10 Å². The lowest BCUT2D eigenvalue weighted by Crippen LogP contribution is -2.15. The van der Waals surface area contributed by atoms with Gasteiger partial charge in [-0.25, -0.2) is 0 Å². The number of rotatable bonds is 7. The first-order valence-electron chi connectivity index (χ1n) is 5.43. The molecular weight excluding hydrogens is 184 g/mol. The number of hydrogen-bond acceptors (Lipinski definition) is 1. The minimum Gasteiger partial charge on any atom is -0.393 e. The van der Waals surface area contributed by atoms with E-state index in [4.69, 9.17) is 11.6 Å². The molecule has 0 fully saturated rings. The molecule has 0 aromatic carbocycles. The molecule has 0 amide bonds. The lowest BCUT2D eigenvalue weighted by Gasteiger charge is -2.18. The van der Waals surface area contributed by atoms with Crippen LogP contribution in [0.2, 0.25) is 0 Å². The summed E-state index contributed by atoms with van der Waals surface area (Å²) in [6, 6.07) is 0. The highest BCUT2D eigenvalue weighted by Gasteiger charge is 2.14. The van der Waals surface area contributed by atoms with Crippen LogP contribution in [0.25, 0.3) is 0 Å². The minimum absolute atomic E-state index is 0.157. The van der Waals surface area contributed by atoms with Gasteiger partial charge < -0.3 is 5.11 Å². The molecule has 0 saturated carbocycles. The molecule has 0 aromatic heterocycles. The Morgan fingerprint density at radius 1 is 1.15 bits per heavy atom. The van der Waals surface area contributed by atoms with E-state index < -0.39 is 0 Å². The van der Waals surface area contributed by atoms with E-state index in [0.29, 0.717) is 5.92 Å². The van der Waals surface area contributed by atoms with Gasteiger partial charge in [-0.15, -0.1) is 11.6 Å². The molecule has 1 nitrogen and oxygen atoms in total. The first-order valence-corrected chi connectivity index (χ1v) is 5.87. The first kappa shape index (κ1) is 13.2. The van der Waals surface area contributed by atoms with Crippen molar-refractivity contribution in [3.8, 4) is 0 Å². The van der Waals surface area contributed by atoms with Gasteiger partial charge >= 0.3 is 0 Å². The molecule has 0 radical (unpaired) electrons. The third kappa shape index (κ3) is 6.34. The Kier molecular flexibility index (Phi) is 7.78.